The highest BCUT2D eigenvalue weighted by Crippen LogP contribution is 2.29. The Morgan fingerprint density at radius 3 is 2.70 bits per heavy atom. The monoisotopic (exact) mass is 330 g/mol. The quantitative estimate of drug-likeness (QED) is 0.853. The Balaban J connectivity index is 2.07. The highest BCUT2D eigenvalue weighted by atomic mass is 19.4. The van der Waals surface area contributed by atoms with Gasteiger partial charge in [-0.3, -0.25) is 9.59 Å². The number of nitrogens with two attached hydrogens (primary N) is 1. The van der Waals surface area contributed by atoms with Crippen molar-refractivity contribution in [3.63, 3.8) is 0 Å². The van der Waals surface area contributed by atoms with Gasteiger partial charge >= 0.3 is 6.18 Å². The minimum atomic E-state index is -4.47. The number of amides is 2. The minimum absolute atomic E-state index is 0.0986. The van der Waals surface area contributed by atoms with E-state index in [4.69, 9.17) is 10.5 Å². The topological polar surface area (TPSA) is 81.4 Å². The van der Waals surface area contributed by atoms with Gasteiger partial charge in [0.1, 0.15) is 6.04 Å². The summed E-state index contributed by atoms with van der Waals surface area (Å²) in [7, 11) is 0. The van der Waals surface area contributed by atoms with Gasteiger partial charge in [-0.05, 0) is 18.1 Å². The van der Waals surface area contributed by atoms with Crippen LogP contribution in [0.1, 0.15) is 17.5 Å². The van der Waals surface area contributed by atoms with E-state index in [1.807, 2.05) is 0 Å². The number of nitrogens with one attached hydrogen (secondary N) is 1. The van der Waals surface area contributed by atoms with Gasteiger partial charge in [0.15, 0.2) is 0 Å². The Labute approximate surface area is 131 Å². The maximum absolute atomic E-state index is 12.7. The van der Waals surface area contributed by atoms with E-state index in [0.717, 1.165) is 12.1 Å². The van der Waals surface area contributed by atoms with Crippen molar-refractivity contribution in [2.45, 2.75) is 25.1 Å². The molecule has 3 N–H and O–H groups in total. The van der Waals surface area contributed by atoms with Crippen LogP contribution in [0.15, 0.2) is 24.3 Å². The molecule has 2 rings (SSSR count). The molecule has 1 aliphatic heterocycles. The van der Waals surface area contributed by atoms with E-state index in [1.54, 1.807) is 0 Å². The molecule has 1 aliphatic rings. The first-order valence-electron chi connectivity index (χ1n) is 7.11. The number of carbonyl (C=O) groups is 2. The summed E-state index contributed by atoms with van der Waals surface area (Å²) < 4.78 is 43.2. The molecule has 2 atom stereocenters. The molecule has 1 aromatic carbocycles. The molecular weight excluding hydrogens is 313 g/mol. The van der Waals surface area contributed by atoms with Crippen LogP contribution in [-0.4, -0.2) is 31.1 Å². The molecule has 0 unspecified atom stereocenters. The van der Waals surface area contributed by atoms with Crippen LogP contribution in [0.2, 0.25) is 0 Å². The largest absolute Gasteiger partial charge is 0.416 e. The lowest BCUT2D eigenvalue weighted by molar-refractivity contribution is -0.137. The summed E-state index contributed by atoms with van der Waals surface area (Å²) in [6.45, 7) is 0.730. The molecule has 8 heteroatoms. The Morgan fingerprint density at radius 2 is 2.13 bits per heavy atom. The molecule has 0 bridgehead atoms. The number of carbonyl (C=O) groups excluding carboxylic acids is 2. The van der Waals surface area contributed by atoms with Gasteiger partial charge in [-0.1, -0.05) is 18.2 Å². The molecule has 1 fully saturated rings. The molecule has 2 amide bonds. The molecule has 5 nitrogen and oxygen atoms in total. The predicted octanol–water partition coefficient (Wildman–Crippen LogP) is 1.25. The van der Waals surface area contributed by atoms with E-state index < -0.39 is 23.7 Å². The van der Waals surface area contributed by atoms with Crippen molar-refractivity contribution in [3.05, 3.63) is 35.4 Å². The Bertz CT molecular complexity index is 584. The summed E-state index contributed by atoms with van der Waals surface area (Å²) in [5.74, 6) is -1.54. The van der Waals surface area contributed by atoms with E-state index in [1.165, 1.54) is 12.1 Å². The van der Waals surface area contributed by atoms with Gasteiger partial charge < -0.3 is 15.8 Å². The lowest BCUT2D eigenvalue weighted by atomic mass is 10.0. The average Bonchev–Trinajstić information content (AvgIpc) is 3.00. The fraction of sp³-hybridized carbons (Fsp3) is 0.467. The number of halogens is 3. The van der Waals surface area contributed by atoms with E-state index in [0.29, 0.717) is 13.0 Å². The number of ether oxygens (including phenoxy) is 1. The van der Waals surface area contributed by atoms with E-state index in [9.17, 15) is 22.8 Å². The zero-order chi connectivity index (χ0) is 17.0. The van der Waals surface area contributed by atoms with Gasteiger partial charge in [0.05, 0.1) is 18.1 Å². The summed E-state index contributed by atoms with van der Waals surface area (Å²) in [6.07, 6.45) is -4.03. The molecule has 0 aromatic heterocycles. The third-order valence-electron chi connectivity index (χ3n) is 3.65. The van der Waals surface area contributed by atoms with Crippen LogP contribution in [0.5, 0.6) is 0 Å². The first kappa shape index (κ1) is 17.3. The Hall–Kier alpha value is -2.09. The maximum Gasteiger partial charge on any atom is 0.416 e. The van der Waals surface area contributed by atoms with Crippen molar-refractivity contribution in [2.24, 2.45) is 11.7 Å². The van der Waals surface area contributed by atoms with Gasteiger partial charge in [0, 0.05) is 13.0 Å². The number of rotatable bonds is 5. The molecule has 1 saturated heterocycles. The second-order valence-corrected chi connectivity index (χ2v) is 5.43. The van der Waals surface area contributed by atoms with Gasteiger partial charge in [0.2, 0.25) is 11.8 Å². The highest BCUT2D eigenvalue weighted by Gasteiger charge is 2.31. The minimum Gasteiger partial charge on any atom is -0.381 e. The smallest absolute Gasteiger partial charge is 0.381 e. The fourth-order valence-electron chi connectivity index (χ4n) is 2.36. The lowest BCUT2D eigenvalue weighted by Gasteiger charge is -2.18. The lowest BCUT2D eigenvalue weighted by Crippen LogP contribution is -2.48. The van der Waals surface area contributed by atoms with Crippen molar-refractivity contribution >= 4 is 11.8 Å². The molecule has 0 aliphatic carbocycles. The standard InChI is InChI=1S/C15H17F3N2O3/c16-15(17,18)11-3-1-2-9(6-11)7-12(13(19)21)20-14(22)10-4-5-23-8-10/h1-3,6,10,12H,4-5,7-8H2,(H2,19,21)(H,20,22)/t10-,12+/m0/s1. The molecule has 0 saturated carbocycles. The summed E-state index contributed by atoms with van der Waals surface area (Å²) in [5.41, 5.74) is 4.71. The van der Waals surface area contributed by atoms with Crippen LogP contribution in [0.25, 0.3) is 0 Å². The SMILES string of the molecule is NC(=O)[C@@H](Cc1cccc(C(F)(F)F)c1)NC(=O)[C@H]1CCOC1. The van der Waals surface area contributed by atoms with E-state index >= 15 is 0 Å². The number of benzene rings is 1. The zero-order valence-electron chi connectivity index (χ0n) is 12.2. The van der Waals surface area contributed by atoms with Crippen molar-refractivity contribution < 1.29 is 27.5 Å². The molecule has 0 radical (unpaired) electrons. The van der Waals surface area contributed by atoms with Gasteiger partial charge in [-0.15, -0.1) is 0 Å². The van der Waals surface area contributed by atoms with Crippen molar-refractivity contribution in [3.8, 4) is 0 Å². The summed E-state index contributed by atoms with van der Waals surface area (Å²) in [6, 6.07) is 3.53. The van der Waals surface area contributed by atoms with E-state index in [-0.39, 0.29) is 30.4 Å². The first-order valence-corrected chi connectivity index (χ1v) is 7.11. The maximum atomic E-state index is 12.7. The van der Waals surface area contributed by atoms with Crippen LogP contribution >= 0.6 is 0 Å². The van der Waals surface area contributed by atoms with Gasteiger partial charge in [-0.2, -0.15) is 13.2 Å². The Kier molecular flexibility index (Phi) is 5.25. The third-order valence-corrected chi connectivity index (χ3v) is 3.65. The second kappa shape index (κ2) is 6.99. The number of hydrogen-bond acceptors (Lipinski definition) is 3. The predicted molar refractivity (Wildman–Crippen MR) is 75.2 cm³/mol. The average molecular weight is 330 g/mol. The molecule has 0 spiro atoms. The fourth-order valence-corrected chi connectivity index (χ4v) is 2.36. The molecular formula is C15H17F3N2O3. The number of hydrogen-bond donors (Lipinski definition) is 2. The number of primary amides is 1. The number of alkyl halides is 3. The first-order chi connectivity index (χ1) is 10.8. The Morgan fingerprint density at radius 1 is 1.39 bits per heavy atom. The van der Waals surface area contributed by atoms with Crippen LogP contribution < -0.4 is 11.1 Å². The van der Waals surface area contributed by atoms with Crippen LogP contribution in [0.3, 0.4) is 0 Å². The highest BCUT2D eigenvalue weighted by molar-refractivity contribution is 5.87. The van der Waals surface area contributed by atoms with Crippen LogP contribution in [0, 0.1) is 5.92 Å². The van der Waals surface area contributed by atoms with Crippen molar-refractivity contribution in [2.75, 3.05) is 13.2 Å². The zero-order valence-corrected chi connectivity index (χ0v) is 12.2. The summed E-state index contributed by atoms with van der Waals surface area (Å²) in [4.78, 5) is 23.5. The molecule has 1 aromatic rings. The van der Waals surface area contributed by atoms with Crippen molar-refractivity contribution in [1.82, 2.24) is 5.32 Å². The second-order valence-electron chi connectivity index (χ2n) is 5.43. The van der Waals surface area contributed by atoms with Crippen LogP contribution in [0.4, 0.5) is 13.2 Å². The molecule has 126 valence electrons. The van der Waals surface area contributed by atoms with Gasteiger partial charge in [0.25, 0.3) is 0 Å². The third kappa shape index (κ3) is 4.69. The molecule has 1 heterocycles. The summed E-state index contributed by atoms with van der Waals surface area (Å²) in [5, 5.41) is 2.49. The normalized spacial score (nSPS) is 19.3. The van der Waals surface area contributed by atoms with Crippen LogP contribution in [-0.2, 0) is 26.9 Å². The van der Waals surface area contributed by atoms with E-state index in [2.05, 4.69) is 5.32 Å². The molecule has 23 heavy (non-hydrogen) atoms. The summed E-state index contributed by atoms with van der Waals surface area (Å²) >= 11 is 0. The van der Waals surface area contributed by atoms with Gasteiger partial charge in [-0.25, -0.2) is 0 Å². The van der Waals surface area contributed by atoms with Crippen molar-refractivity contribution in [1.29, 1.82) is 0 Å².